The Labute approximate surface area is 185 Å². The highest BCUT2D eigenvalue weighted by molar-refractivity contribution is 6.71. The summed E-state index contributed by atoms with van der Waals surface area (Å²) in [5, 5.41) is 0. The summed E-state index contributed by atoms with van der Waals surface area (Å²) in [6.07, 6.45) is 0. The van der Waals surface area contributed by atoms with Crippen molar-refractivity contribution >= 4 is 18.2 Å². The highest BCUT2D eigenvalue weighted by Crippen LogP contribution is 2.44. The summed E-state index contributed by atoms with van der Waals surface area (Å²) in [5.41, 5.74) is 4.53. The third-order valence-electron chi connectivity index (χ3n) is 6.28. The lowest BCUT2D eigenvalue weighted by Gasteiger charge is -2.32. The molecule has 3 aromatic carbocycles. The maximum Gasteiger partial charge on any atom is 0.496 e. The molecule has 158 valence electrons. The zero-order chi connectivity index (χ0) is 22.1. The molecular weight excluding hydrogens is 383 g/mol. The van der Waals surface area contributed by atoms with Crippen LogP contribution in [-0.4, -0.2) is 25.4 Å². The van der Waals surface area contributed by atoms with Gasteiger partial charge in [0.2, 0.25) is 0 Å². The first-order valence-corrected chi connectivity index (χ1v) is 10.7. The highest BCUT2D eigenvalue weighted by atomic mass is 16.7. The Balaban J connectivity index is 1.99. The van der Waals surface area contributed by atoms with Gasteiger partial charge in [-0.15, -0.1) is 0 Å². The van der Waals surface area contributed by atoms with Crippen molar-refractivity contribution in [1.82, 2.24) is 0 Å². The first-order chi connectivity index (χ1) is 14.8. The number of hydrogen-bond acceptors (Lipinski definition) is 3. The quantitative estimate of drug-likeness (QED) is 0.364. The molecule has 4 rings (SSSR count). The highest BCUT2D eigenvalue weighted by Gasteiger charge is 2.53. The van der Waals surface area contributed by atoms with E-state index >= 15 is 0 Å². The van der Waals surface area contributed by atoms with Gasteiger partial charge in [-0.25, -0.2) is 0 Å². The van der Waals surface area contributed by atoms with Crippen molar-refractivity contribution in [3.05, 3.63) is 102 Å². The van der Waals surface area contributed by atoms with Crippen LogP contribution in [0.15, 0.2) is 84.9 Å². The van der Waals surface area contributed by atoms with E-state index in [1.807, 2.05) is 24.3 Å². The van der Waals surface area contributed by atoms with Gasteiger partial charge in [0.05, 0.1) is 18.3 Å². The third kappa shape index (κ3) is 4.19. The van der Waals surface area contributed by atoms with Crippen molar-refractivity contribution in [1.29, 1.82) is 0 Å². The van der Waals surface area contributed by atoms with Crippen LogP contribution in [0.4, 0.5) is 0 Å². The summed E-state index contributed by atoms with van der Waals surface area (Å²) in [6.45, 7) is 8.35. The van der Waals surface area contributed by atoms with Crippen LogP contribution in [0.1, 0.15) is 44.4 Å². The molecule has 0 aliphatic carbocycles. The molecule has 31 heavy (non-hydrogen) atoms. The van der Waals surface area contributed by atoms with E-state index in [-0.39, 0.29) is 0 Å². The molecule has 0 radical (unpaired) electrons. The van der Waals surface area contributed by atoms with Crippen LogP contribution in [0.25, 0.3) is 11.0 Å². The van der Waals surface area contributed by atoms with Gasteiger partial charge in [-0.05, 0) is 67.6 Å². The maximum atomic E-state index is 6.54. The molecule has 0 saturated carbocycles. The van der Waals surface area contributed by atoms with Crippen LogP contribution >= 0.6 is 0 Å². The molecule has 3 aromatic rings. The van der Waals surface area contributed by atoms with Gasteiger partial charge >= 0.3 is 7.12 Å². The van der Waals surface area contributed by atoms with Crippen molar-refractivity contribution in [3.63, 3.8) is 0 Å². The Morgan fingerprint density at radius 2 is 1.10 bits per heavy atom. The van der Waals surface area contributed by atoms with E-state index in [0.717, 1.165) is 33.5 Å². The van der Waals surface area contributed by atoms with Gasteiger partial charge in [0.15, 0.2) is 0 Å². The van der Waals surface area contributed by atoms with Crippen molar-refractivity contribution in [2.75, 3.05) is 7.11 Å². The fraction of sp³-hybridized carbons (Fsp3) is 0.259. The smallest absolute Gasteiger partial charge is 0.496 e. The van der Waals surface area contributed by atoms with E-state index in [1.165, 1.54) is 0 Å². The SMILES string of the molecule is COc1ccc(/C(=C(\B2OC(C)(C)C(C)(C)O2)c2ccccc2)c2ccccc2)cc1. The summed E-state index contributed by atoms with van der Waals surface area (Å²) < 4.78 is 18.5. The van der Waals surface area contributed by atoms with E-state index in [0.29, 0.717) is 0 Å². The summed E-state index contributed by atoms with van der Waals surface area (Å²) in [5.74, 6) is 0.827. The van der Waals surface area contributed by atoms with Gasteiger partial charge in [0.25, 0.3) is 0 Å². The number of rotatable bonds is 5. The Morgan fingerprint density at radius 3 is 1.58 bits per heavy atom. The molecule has 3 nitrogen and oxygen atoms in total. The standard InChI is InChI=1S/C27H29BO3/c1-26(2)27(3,4)31-28(30-26)25(22-14-10-7-11-15-22)24(20-12-8-6-9-13-20)21-16-18-23(29-5)19-17-21/h6-19H,1-5H3/b25-24-. The molecule has 0 atom stereocenters. The van der Waals surface area contributed by atoms with Gasteiger partial charge in [-0.1, -0.05) is 72.8 Å². The van der Waals surface area contributed by atoms with Crippen LogP contribution in [0, 0.1) is 0 Å². The normalized spacial score (nSPS) is 17.9. The lowest BCUT2D eigenvalue weighted by molar-refractivity contribution is 0.00578. The van der Waals surface area contributed by atoms with Crippen LogP contribution in [-0.2, 0) is 9.31 Å². The van der Waals surface area contributed by atoms with Gasteiger partial charge < -0.3 is 14.0 Å². The van der Waals surface area contributed by atoms with Crippen molar-refractivity contribution in [2.24, 2.45) is 0 Å². The summed E-state index contributed by atoms with van der Waals surface area (Å²) >= 11 is 0. The Morgan fingerprint density at radius 1 is 0.645 bits per heavy atom. The number of hydrogen-bond donors (Lipinski definition) is 0. The minimum Gasteiger partial charge on any atom is -0.497 e. The fourth-order valence-electron chi connectivity index (χ4n) is 3.82. The molecular formula is C27H29BO3. The molecule has 1 aliphatic rings. The van der Waals surface area contributed by atoms with Crippen LogP contribution in [0.3, 0.4) is 0 Å². The molecule has 1 aliphatic heterocycles. The first kappa shape index (κ1) is 21.4. The van der Waals surface area contributed by atoms with Gasteiger partial charge in [0.1, 0.15) is 5.75 Å². The molecule has 0 N–H and O–H groups in total. The predicted molar refractivity (Wildman–Crippen MR) is 128 cm³/mol. The molecule has 1 saturated heterocycles. The van der Waals surface area contributed by atoms with Gasteiger partial charge in [-0.3, -0.25) is 0 Å². The molecule has 0 bridgehead atoms. The lowest BCUT2D eigenvalue weighted by atomic mass is 9.69. The second kappa shape index (κ2) is 8.37. The number of methoxy groups -OCH3 is 1. The molecule has 0 aromatic heterocycles. The topological polar surface area (TPSA) is 27.7 Å². The second-order valence-corrected chi connectivity index (χ2v) is 8.84. The first-order valence-electron chi connectivity index (χ1n) is 10.7. The van der Waals surface area contributed by atoms with E-state index in [4.69, 9.17) is 14.0 Å². The van der Waals surface area contributed by atoms with E-state index in [2.05, 4.69) is 88.4 Å². The molecule has 0 spiro atoms. The van der Waals surface area contributed by atoms with Crippen LogP contribution in [0.5, 0.6) is 5.75 Å². The zero-order valence-electron chi connectivity index (χ0n) is 18.9. The maximum absolute atomic E-state index is 6.54. The summed E-state index contributed by atoms with van der Waals surface area (Å²) in [7, 11) is 1.19. The van der Waals surface area contributed by atoms with E-state index in [9.17, 15) is 0 Å². The number of benzene rings is 3. The zero-order valence-corrected chi connectivity index (χ0v) is 18.9. The minimum absolute atomic E-state index is 0.431. The van der Waals surface area contributed by atoms with E-state index in [1.54, 1.807) is 7.11 Å². The molecule has 1 heterocycles. The second-order valence-electron chi connectivity index (χ2n) is 8.84. The number of ether oxygens (including phenoxy) is 1. The third-order valence-corrected chi connectivity index (χ3v) is 6.28. The average molecular weight is 412 g/mol. The summed E-state index contributed by atoms with van der Waals surface area (Å²) in [4.78, 5) is 0. The summed E-state index contributed by atoms with van der Waals surface area (Å²) in [6, 6.07) is 29.0. The molecule has 4 heteroatoms. The lowest BCUT2D eigenvalue weighted by Crippen LogP contribution is -2.41. The minimum atomic E-state index is -0.496. The largest absolute Gasteiger partial charge is 0.497 e. The van der Waals surface area contributed by atoms with Crippen LogP contribution in [0.2, 0.25) is 0 Å². The molecule has 1 fully saturated rings. The Bertz CT molecular complexity index is 1040. The molecule has 0 amide bonds. The fourth-order valence-corrected chi connectivity index (χ4v) is 3.82. The molecule has 0 unspecified atom stereocenters. The van der Waals surface area contributed by atoms with Crippen molar-refractivity contribution in [3.8, 4) is 5.75 Å². The average Bonchev–Trinajstić information content (AvgIpc) is 2.99. The Kier molecular flexibility index (Phi) is 5.78. The Hall–Kier alpha value is -2.82. The predicted octanol–water partition coefficient (Wildman–Crippen LogP) is 6.29. The van der Waals surface area contributed by atoms with Gasteiger partial charge in [0, 0.05) is 0 Å². The van der Waals surface area contributed by atoms with Gasteiger partial charge in [-0.2, -0.15) is 0 Å². The van der Waals surface area contributed by atoms with E-state index < -0.39 is 18.3 Å². The van der Waals surface area contributed by atoms with Crippen LogP contribution < -0.4 is 4.74 Å². The van der Waals surface area contributed by atoms with Crippen molar-refractivity contribution < 1.29 is 14.0 Å². The van der Waals surface area contributed by atoms with Crippen molar-refractivity contribution in [2.45, 2.75) is 38.9 Å². The monoisotopic (exact) mass is 412 g/mol.